The molecule has 1 aromatic carbocycles. The van der Waals surface area contributed by atoms with Gasteiger partial charge in [-0.1, -0.05) is 0 Å². The fourth-order valence-corrected chi connectivity index (χ4v) is 3.76. The van der Waals surface area contributed by atoms with Crippen molar-refractivity contribution in [2.24, 2.45) is 5.92 Å². The lowest BCUT2D eigenvalue weighted by atomic mass is 10.1. The molecule has 1 aliphatic rings. The molecule has 4 nitrogen and oxygen atoms in total. The lowest BCUT2D eigenvalue weighted by Gasteiger charge is -2.10. The number of hydrogen-bond acceptors (Lipinski definition) is 4. The number of rotatable bonds is 3. The van der Waals surface area contributed by atoms with E-state index in [0.29, 0.717) is 18.1 Å². The van der Waals surface area contributed by atoms with Crippen molar-refractivity contribution in [1.29, 1.82) is 0 Å². The zero-order chi connectivity index (χ0) is 11.6. The van der Waals surface area contributed by atoms with Crippen molar-refractivity contribution in [2.75, 3.05) is 29.1 Å². The van der Waals surface area contributed by atoms with Gasteiger partial charge in [-0.25, -0.2) is 8.42 Å². The highest BCUT2D eigenvalue weighted by molar-refractivity contribution is 7.91. The maximum Gasteiger partial charge on any atom is 0.150 e. The third kappa shape index (κ3) is 2.88. The van der Waals surface area contributed by atoms with Crippen LogP contribution in [-0.4, -0.2) is 26.5 Å². The lowest BCUT2D eigenvalue weighted by Crippen LogP contribution is -2.15. The van der Waals surface area contributed by atoms with Crippen molar-refractivity contribution in [2.45, 2.75) is 6.42 Å². The van der Waals surface area contributed by atoms with E-state index in [4.69, 9.17) is 5.73 Å². The van der Waals surface area contributed by atoms with E-state index in [1.807, 2.05) is 24.3 Å². The molecular formula is C11H16N2O2S. The van der Waals surface area contributed by atoms with Gasteiger partial charge in [-0.05, 0) is 36.6 Å². The Balaban J connectivity index is 1.87. The Bertz CT molecular complexity index is 453. The van der Waals surface area contributed by atoms with Crippen molar-refractivity contribution in [3.8, 4) is 0 Å². The van der Waals surface area contributed by atoms with Gasteiger partial charge in [0.1, 0.15) is 0 Å². The van der Waals surface area contributed by atoms with Crippen LogP contribution in [0.15, 0.2) is 24.3 Å². The van der Waals surface area contributed by atoms with Crippen LogP contribution >= 0.6 is 0 Å². The van der Waals surface area contributed by atoms with Crippen molar-refractivity contribution in [3.63, 3.8) is 0 Å². The topological polar surface area (TPSA) is 72.2 Å². The van der Waals surface area contributed by atoms with Gasteiger partial charge < -0.3 is 11.1 Å². The maximum absolute atomic E-state index is 11.3. The van der Waals surface area contributed by atoms with Gasteiger partial charge in [-0.2, -0.15) is 0 Å². The monoisotopic (exact) mass is 240 g/mol. The van der Waals surface area contributed by atoms with Gasteiger partial charge in [-0.3, -0.25) is 0 Å². The average molecular weight is 240 g/mol. The van der Waals surface area contributed by atoms with Crippen LogP contribution in [0.25, 0.3) is 0 Å². The predicted octanol–water partition coefficient (Wildman–Crippen LogP) is 1.12. The SMILES string of the molecule is Nc1ccc(NCC2CCS(=O)(=O)C2)cc1. The molecule has 0 amide bonds. The van der Waals surface area contributed by atoms with Gasteiger partial charge in [0.05, 0.1) is 11.5 Å². The fraction of sp³-hybridized carbons (Fsp3) is 0.455. The molecule has 2 rings (SSSR count). The summed E-state index contributed by atoms with van der Waals surface area (Å²) in [6.45, 7) is 0.711. The molecule has 5 heteroatoms. The second-order valence-corrected chi connectivity index (χ2v) is 6.50. The summed E-state index contributed by atoms with van der Waals surface area (Å²) in [5.41, 5.74) is 7.29. The molecule has 0 spiro atoms. The Morgan fingerprint density at radius 1 is 1.31 bits per heavy atom. The van der Waals surface area contributed by atoms with Gasteiger partial charge >= 0.3 is 0 Å². The largest absolute Gasteiger partial charge is 0.399 e. The Morgan fingerprint density at radius 2 is 2.00 bits per heavy atom. The highest BCUT2D eigenvalue weighted by Gasteiger charge is 2.27. The maximum atomic E-state index is 11.3. The molecule has 0 radical (unpaired) electrons. The number of nitrogens with one attached hydrogen (secondary N) is 1. The molecule has 1 aliphatic heterocycles. The molecule has 0 bridgehead atoms. The lowest BCUT2D eigenvalue weighted by molar-refractivity contribution is 0.596. The quantitative estimate of drug-likeness (QED) is 0.776. The minimum atomic E-state index is -2.77. The van der Waals surface area contributed by atoms with Gasteiger partial charge in [0, 0.05) is 17.9 Å². The molecule has 1 saturated heterocycles. The van der Waals surface area contributed by atoms with E-state index in [2.05, 4.69) is 5.32 Å². The predicted molar refractivity (Wildman–Crippen MR) is 66.1 cm³/mol. The molecule has 1 aromatic rings. The third-order valence-electron chi connectivity index (χ3n) is 2.83. The van der Waals surface area contributed by atoms with Crippen LogP contribution in [0.3, 0.4) is 0 Å². The van der Waals surface area contributed by atoms with Gasteiger partial charge in [0.25, 0.3) is 0 Å². The normalized spacial score (nSPS) is 23.1. The van der Waals surface area contributed by atoms with Crippen LogP contribution < -0.4 is 11.1 Å². The van der Waals surface area contributed by atoms with E-state index in [1.165, 1.54) is 0 Å². The van der Waals surface area contributed by atoms with Crippen LogP contribution in [0.1, 0.15) is 6.42 Å². The van der Waals surface area contributed by atoms with Gasteiger partial charge in [0.2, 0.25) is 0 Å². The minimum Gasteiger partial charge on any atom is -0.399 e. The summed E-state index contributed by atoms with van der Waals surface area (Å²) in [5.74, 6) is 0.887. The van der Waals surface area contributed by atoms with Gasteiger partial charge in [0.15, 0.2) is 9.84 Å². The van der Waals surface area contributed by atoms with E-state index in [9.17, 15) is 8.42 Å². The van der Waals surface area contributed by atoms with E-state index in [0.717, 1.165) is 17.8 Å². The van der Waals surface area contributed by atoms with Crippen molar-refractivity contribution < 1.29 is 8.42 Å². The van der Waals surface area contributed by atoms with Crippen LogP contribution in [0.4, 0.5) is 11.4 Å². The standard InChI is InChI=1S/C11H16N2O2S/c12-10-1-3-11(4-2-10)13-7-9-5-6-16(14,15)8-9/h1-4,9,13H,5-8,12H2. The summed E-state index contributed by atoms with van der Waals surface area (Å²) in [7, 11) is -2.77. The molecular weight excluding hydrogens is 224 g/mol. The first-order valence-corrected chi connectivity index (χ1v) is 7.17. The number of benzene rings is 1. The summed E-state index contributed by atoms with van der Waals surface area (Å²) in [5, 5.41) is 3.23. The summed E-state index contributed by atoms with van der Waals surface area (Å²) in [6, 6.07) is 7.46. The number of hydrogen-bond donors (Lipinski definition) is 2. The smallest absolute Gasteiger partial charge is 0.150 e. The van der Waals surface area contributed by atoms with Crippen LogP contribution in [0.5, 0.6) is 0 Å². The molecule has 1 fully saturated rings. The van der Waals surface area contributed by atoms with Crippen molar-refractivity contribution in [3.05, 3.63) is 24.3 Å². The highest BCUT2D eigenvalue weighted by Crippen LogP contribution is 2.19. The summed E-state index contributed by atoms with van der Waals surface area (Å²) in [4.78, 5) is 0. The zero-order valence-corrected chi connectivity index (χ0v) is 9.83. The number of sulfone groups is 1. The second-order valence-electron chi connectivity index (χ2n) is 4.27. The van der Waals surface area contributed by atoms with E-state index in [1.54, 1.807) is 0 Å². The summed E-state index contributed by atoms with van der Waals surface area (Å²) >= 11 is 0. The Labute approximate surface area is 95.8 Å². The van der Waals surface area contributed by atoms with Crippen LogP contribution in [0.2, 0.25) is 0 Å². The number of nitrogen functional groups attached to an aromatic ring is 1. The Hall–Kier alpha value is -1.23. The van der Waals surface area contributed by atoms with Crippen molar-refractivity contribution >= 4 is 21.2 Å². The van der Waals surface area contributed by atoms with E-state index >= 15 is 0 Å². The van der Waals surface area contributed by atoms with Crippen molar-refractivity contribution in [1.82, 2.24) is 0 Å². The third-order valence-corrected chi connectivity index (χ3v) is 4.67. The minimum absolute atomic E-state index is 0.238. The molecule has 88 valence electrons. The second kappa shape index (κ2) is 4.33. The number of nitrogens with two attached hydrogens (primary N) is 1. The average Bonchev–Trinajstić information content (AvgIpc) is 2.58. The van der Waals surface area contributed by atoms with Gasteiger partial charge in [-0.15, -0.1) is 0 Å². The summed E-state index contributed by atoms with van der Waals surface area (Å²) < 4.78 is 22.5. The molecule has 1 heterocycles. The van der Waals surface area contributed by atoms with E-state index in [-0.39, 0.29) is 5.92 Å². The highest BCUT2D eigenvalue weighted by atomic mass is 32.2. The first-order valence-electron chi connectivity index (χ1n) is 5.35. The molecule has 3 N–H and O–H groups in total. The Morgan fingerprint density at radius 3 is 2.56 bits per heavy atom. The zero-order valence-electron chi connectivity index (χ0n) is 9.02. The fourth-order valence-electron chi connectivity index (χ4n) is 1.90. The first-order chi connectivity index (χ1) is 7.55. The van der Waals surface area contributed by atoms with Crippen LogP contribution in [0, 0.1) is 5.92 Å². The molecule has 0 aromatic heterocycles. The molecule has 0 saturated carbocycles. The number of anilines is 2. The first kappa shape index (κ1) is 11.3. The molecule has 16 heavy (non-hydrogen) atoms. The molecule has 1 unspecified atom stereocenters. The van der Waals surface area contributed by atoms with Crippen LogP contribution in [-0.2, 0) is 9.84 Å². The molecule has 0 aliphatic carbocycles. The Kier molecular flexibility index (Phi) is 3.05. The molecule has 1 atom stereocenters. The van der Waals surface area contributed by atoms with E-state index < -0.39 is 9.84 Å². The summed E-state index contributed by atoms with van der Waals surface area (Å²) in [6.07, 6.45) is 0.768.